The summed E-state index contributed by atoms with van der Waals surface area (Å²) < 4.78 is 2.22. The number of nitrogens with one attached hydrogen (secondary N) is 1. The first-order valence-electron chi connectivity index (χ1n) is 7.72. The molecule has 1 aromatic heterocycles. The first-order chi connectivity index (χ1) is 9.28. The first kappa shape index (κ1) is 13.1. The van der Waals surface area contributed by atoms with E-state index in [1.165, 1.54) is 37.8 Å². The van der Waals surface area contributed by atoms with Gasteiger partial charge in [-0.2, -0.15) is 0 Å². The predicted octanol–water partition coefficient (Wildman–Crippen LogP) is 2.01. The van der Waals surface area contributed by atoms with E-state index >= 15 is 0 Å². The van der Waals surface area contributed by atoms with Crippen LogP contribution in [-0.2, 0) is 13.1 Å². The Balaban J connectivity index is 1.56. The minimum absolute atomic E-state index is 0.687. The normalized spacial score (nSPS) is 31.6. The van der Waals surface area contributed by atoms with E-state index in [9.17, 15) is 0 Å². The van der Waals surface area contributed by atoms with Gasteiger partial charge in [0.25, 0.3) is 0 Å². The van der Waals surface area contributed by atoms with Gasteiger partial charge in [0, 0.05) is 37.4 Å². The predicted molar refractivity (Wildman–Crippen MR) is 77.0 cm³/mol. The molecule has 106 valence electrons. The van der Waals surface area contributed by atoms with E-state index < -0.39 is 0 Å². The number of piperidine rings is 2. The Morgan fingerprint density at radius 2 is 2.05 bits per heavy atom. The Morgan fingerprint density at radius 1 is 1.32 bits per heavy atom. The molecule has 1 aromatic rings. The second-order valence-electron chi connectivity index (χ2n) is 6.12. The lowest BCUT2D eigenvalue weighted by Gasteiger charge is -2.47. The van der Waals surface area contributed by atoms with Crippen molar-refractivity contribution in [3.8, 4) is 0 Å². The van der Waals surface area contributed by atoms with E-state index in [-0.39, 0.29) is 0 Å². The van der Waals surface area contributed by atoms with E-state index in [0.29, 0.717) is 6.04 Å². The summed E-state index contributed by atoms with van der Waals surface area (Å²) in [5, 5.41) is 3.76. The Hall–Kier alpha value is -0.870. The van der Waals surface area contributed by atoms with Crippen LogP contribution in [-0.4, -0.2) is 39.6 Å². The molecule has 0 radical (unpaired) electrons. The standard InChI is InChI=1S/C15H26N4/c1-3-19-11-16-9-15(19)10-17-12-7-13-5-4-6-14(8-12)18(13)2/h9,11-14,17H,3-8,10H2,1-2H3. The van der Waals surface area contributed by atoms with Gasteiger partial charge in [0.1, 0.15) is 0 Å². The molecule has 0 spiro atoms. The third-order valence-electron chi connectivity index (χ3n) is 5.05. The summed E-state index contributed by atoms with van der Waals surface area (Å²) in [6, 6.07) is 2.30. The molecule has 3 heterocycles. The van der Waals surface area contributed by atoms with E-state index in [4.69, 9.17) is 0 Å². The van der Waals surface area contributed by atoms with Crippen molar-refractivity contribution < 1.29 is 0 Å². The van der Waals surface area contributed by atoms with Gasteiger partial charge in [-0.15, -0.1) is 0 Å². The van der Waals surface area contributed by atoms with Crippen LogP contribution >= 0.6 is 0 Å². The summed E-state index contributed by atoms with van der Waals surface area (Å²) in [6.45, 7) is 4.14. The second-order valence-corrected chi connectivity index (χ2v) is 6.12. The smallest absolute Gasteiger partial charge is 0.0948 e. The summed E-state index contributed by atoms with van der Waals surface area (Å²) in [6.07, 6.45) is 10.7. The number of rotatable bonds is 4. The number of nitrogens with zero attached hydrogens (tertiary/aromatic N) is 3. The molecule has 2 aliphatic heterocycles. The van der Waals surface area contributed by atoms with Crippen LogP contribution < -0.4 is 5.32 Å². The topological polar surface area (TPSA) is 33.1 Å². The molecular formula is C15H26N4. The van der Waals surface area contributed by atoms with Crippen LogP contribution in [0.1, 0.15) is 44.7 Å². The quantitative estimate of drug-likeness (QED) is 0.901. The molecule has 3 rings (SSSR count). The summed E-state index contributed by atoms with van der Waals surface area (Å²) >= 11 is 0. The van der Waals surface area contributed by atoms with Crippen molar-refractivity contribution in [3.63, 3.8) is 0 Å². The summed E-state index contributed by atoms with van der Waals surface area (Å²) in [7, 11) is 2.32. The zero-order chi connectivity index (χ0) is 13.2. The maximum atomic E-state index is 4.24. The molecule has 1 N–H and O–H groups in total. The SMILES string of the molecule is CCn1cncc1CNC1CC2CCCC(C1)N2C. The van der Waals surface area contributed by atoms with Gasteiger partial charge in [-0.05, 0) is 39.7 Å². The van der Waals surface area contributed by atoms with Gasteiger partial charge in [0.2, 0.25) is 0 Å². The largest absolute Gasteiger partial charge is 0.334 e. The number of aryl methyl sites for hydroxylation is 1. The molecule has 4 nitrogen and oxygen atoms in total. The Labute approximate surface area is 116 Å². The molecule has 0 aliphatic carbocycles. The van der Waals surface area contributed by atoms with Crippen molar-refractivity contribution in [2.45, 2.75) is 70.2 Å². The molecule has 2 atom stereocenters. The maximum Gasteiger partial charge on any atom is 0.0948 e. The molecule has 0 amide bonds. The monoisotopic (exact) mass is 262 g/mol. The first-order valence-corrected chi connectivity index (χ1v) is 7.72. The highest BCUT2D eigenvalue weighted by Crippen LogP contribution is 2.32. The van der Waals surface area contributed by atoms with Crippen molar-refractivity contribution in [2.75, 3.05) is 7.05 Å². The second kappa shape index (κ2) is 5.63. The van der Waals surface area contributed by atoms with Gasteiger partial charge in [0.15, 0.2) is 0 Å². The van der Waals surface area contributed by atoms with Crippen molar-refractivity contribution in [3.05, 3.63) is 18.2 Å². The van der Waals surface area contributed by atoms with Gasteiger partial charge in [-0.1, -0.05) is 6.42 Å². The number of fused-ring (bicyclic) bond motifs is 2. The lowest BCUT2D eigenvalue weighted by molar-refractivity contribution is 0.0481. The molecule has 4 heteroatoms. The Kier molecular flexibility index (Phi) is 3.89. The third kappa shape index (κ3) is 2.70. The van der Waals surface area contributed by atoms with Crippen molar-refractivity contribution in [1.82, 2.24) is 19.8 Å². The van der Waals surface area contributed by atoms with E-state index in [1.807, 2.05) is 12.5 Å². The van der Waals surface area contributed by atoms with Gasteiger partial charge < -0.3 is 14.8 Å². The zero-order valence-corrected chi connectivity index (χ0v) is 12.2. The zero-order valence-electron chi connectivity index (χ0n) is 12.2. The van der Waals surface area contributed by atoms with Crippen LogP contribution in [0.2, 0.25) is 0 Å². The van der Waals surface area contributed by atoms with Crippen LogP contribution in [0.5, 0.6) is 0 Å². The summed E-state index contributed by atoms with van der Waals surface area (Å²) in [4.78, 5) is 6.86. The van der Waals surface area contributed by atoms with Gasteiger partial charge in [0.05, 0.1) is 12.0 Å². The molecule has 19 heavy (non-hydrogen) atoms. The average Bonchev–Trinajstić information content (AvgIpc) is 2.84. The number of hydrogen-bond acceptors (Lipinski definition) is 3. The third-order valence-corrected chi connectivity index (χ3v) is 5.05. The molecular weight excluding hydrogens is 236 g/mol. The molecule has 2 saturated heterocycles. The summed E-state index contributed by atoms with van der Waals surface area (Å²) in [5.41, 5.74) is 1.31. The van der Waals surface area contributed by atoms with E-state index in [1.54, 1.807) is 0 Å². The minimum atomic E-state index is 0.687. The number of hydrogen-bond donors (Lipinski definition) is 1. The minimum Gasteiger partial charge on any atom is -0.334 e. The lowest BCUT2D eigenvalue weighted by atomic mass is 9.82. The van der Waals surface area contributed by atoms with Crippen molar-refractivity contribution >= 4 is 0 Å². The molecule has 2 unspecified atom stereocenters. The highest BCUT2D eigenvalue weighted by molar-refractivity contribution is 5.00. The fourth-order valence-corrected chi connectivity index (χ4v) is 3.81. The highest BCUT2D eigenvalue weighted by atomic mass is 15.2. The average molecular weight is 262 g/mol. The van der Waals surface area contributed by atoms with Crippen molar-refractivity contribution in [1.29, 1.82) is 0 Å². The van der Waals surface area contributed by atoms with Gasteiger partial charge >= 0.3 is 0 Å². The molecule has 0 saturated carbocycles. The van der Waals surface area contributed by atoms with E-state index in [0.717, 1.165) is 25.2 Å². The van der Waals surface area contributed by atoms with Crippen LogP contribution in [0.3, 0.4) is 0 Å². The molecule has 2 aliphatic rings. The van der Waals surface area contributed by atoms with Crippen LogP contribution in [0.4, 0.5) is 0 Å². The fourth-order valence-electron chi connectivity index (χ4n) is 3.81. The van der Waals surface area contributed by atoms with Gasteiger partial charge in [-0.25, -0.2) is 4.98 Å². The van der Waals surface area contributed by atoms with Crippen LogP contribution in [0.15, 0.2) is 12.5 Å². The van der Waals surface area contributed by atoms with Crippen molar-refractivity contribution in [2.24, 2.45) is 0 Å². The van der Waals surface area contributed by atoms with E-state index in [2.05, 4.69) is 33.7 Å². The Bertz CT molecular complexity index is 400. The number of aromatic nitrogens is 2. The molecule has 0 aromatic carbocycles. The lowest BCUT2D eigenvalue weighted by Crippen LogP contribution is -2.54. The fraction of sp³-hybridized carbons (Fsp3) is 0.800. The van der Waals surface area contributed by atoms with Gasteiger partial charge in [-0.3, -0.25) is 0 Å². The Morgan fingerprint density at radius 3 is 2.74 bits per heavy atom. The van der Waals surface area contributed by atoms with Crippen LogP contribution in [0.25, 0.3) is 0 Å². The van der Waals surface area contributed by atoms with Crippen LogP contribution in [0, 0.1) is 0 Å². The molecule has 2 fully saturated rings. The summed E-state index contributed by atoms with van der Waals surface area (Å²) in [5.74, 6) is 0. The number of imidazole rings is 1. The maximum absolute atomic E-state index is 4.24. The highest BCUT2D eigenvalue weighted by Gasteiger charge is 2.35. The molecule has 2 bridgehead atoms.